The zero-order valence-corrected chi connectivity index (χ0v) is 10.7. The van der Waals surface area contributed by atoms with Crippen LogP contribution >= 0.6 is 23.7 Å². The van der Waals surface area contributed by atoms with Gasteiger partial charge in [-0.3, -0.25) is 8.58 Å². The van der Waals surface area contributed by atoms with Crippen LogP contribution in [0.2, 0.25) is 0 Å². The summed E-state index contributed by atoms with van der Waals surface area (Å²) in [5.74, 6) is 0. The molecule has 1 rings (SSSR count). The summed E-state index contributed by atoms with van der Waals surface area (Å²) in [6.07, 6.45) is 1.44. The van der Waals surface area contributed by atoms with Crippen molar-refractivity contribution < 1.29 is 29.6 Å². The predicted octanol–water partition coefficient (Wildman–Crippen LogP) is 0.513. The molecule has 2 unspecified atom stereocenters. The number of hydrogen-bond acceptors (Lipinski definition) is 4. The summed E-state index contributed by atoms with van der Waals surface area (Å²) < 4.78 is 9.56. The van der Waals surface area contributed by atoms with Gasteiger partial charge in [-0.25, -0.2) is 0 Å². The Morgan fingerprint density at radius 3 is 1.38 bits per heavy atom. The van der Waals surface area contributed by atoms with Crippen LogP contribution in [0.5, 0.6) is 0 Å². The SMILES string of the molecule is NCC1(OCl)CCC1(CN)OCl.[Pt]. The molecule has 0 aliphatic heterocycles. The van der Waals surface area contributed by atoms with Gasteiger partial charge in [-0.1, -0.05) is 0 Å². The van der Waals surface area contributed by atoms with Crippen molar-refractivity contribution in [2.24, 2.45) is 11.5 Å². The Morgan fingerprint density at radius 2 is 1.31 bits per heavy atom. The Hall–Kier alpha value is 1.11. The number of rotatable bonds is 4. The normalized spacial score (nSPS) is 37.8. The molecule has 0 amide bonds. The second-order valence-corrected chi connectivity index (χ2v) is 3.36. The minimum atomic E-state index is -0.717. The van der Waals surface area contributed by atoms with E-state index in [1.165, 1.54) is 0 Å². The number of hydrogen-bond donors (Lipinski definition) is 2. The standard InChI is InChI=1S/C6H12Cl2N2O2.Pt/c7-11-5(3-9)1-2-6(5,4-10)12-8;/h1-4,9-10H2;. The van der Waals surface area contributed by atoms with Gasteiger partial charge in [-0.2, -0.15) is 0 Å². The Balaban J connectivity index is 0.00000144. The molecule has 0 spiro atoms. The first-order valence-electron chi connectivity index (χ1n) is 3.70. The third-order valence-corrected chi connectivity index (χ3v) is 3.31. The predicted molar refractivity (Wildman–Crippen MR) is 46.7 cm³/mol. The fraction of sp³-hybridized carbons (Fsp3) is 1.00. The van der Waals surface area contributed by atoms with E-state index in [0.717, 1.165) is 12.8 Å². The molecule has 1 fully saturated rings. The molecule has 0 aromatic rings. The second-order valence-electron chi connectivity index (χ2n) is 3.05. The zero-order chi connectivity index (χ0) is 9.24. The van der Waals surface area contributed by atoms with Crippen molar-refractivity contribution in [2.45, 2.75) is 24.0 Å². The van der Waals surface area contributed by atoms with E-state index in [2.05, 4.69) is 0 Å². The molecule has 0 aromatic carbocycles. The Morgan fingerprint density at radius 1 is 1.00 bits per heavy atom. The molecular formula is C6H12Cl2N2O2Pt. The van der Waals surface area contributed by atoms with Crippen LogP contribution < -0.4 is 11.5 Å². The summed E-state index contributed by atoms with van der Waals surface area (Å²) in [7, 11) is 0. The molecule has 0 aromatic heterocycles. The van der Waals surface area contributed by atoms with Crippen LogP contribution in [0.25, 0.3) is 0 Å². The van der Waals surface area contributed by atoms with Crippen molar-refractivity contribution in [2.75, 3.05) is 13.1 Å². The van der Waals surface area contributed by atoms with Crippen molar-refractivity contribution in [1.29, 1.82) is 0 Å². The van der Waals surface area contributed by atoms with Crippen LogP contribution in [0, 0.1) is 0 Å². The maximum Gasteiger partial charge on any atom is 0.134 e. The zero-order valence-electron chi connectivity index (χ0n) is 6.87. The summed E-state index contributed by atoms with van der Waals surface area (Å²) >= 11 is 10.7. The van der Waals surface area contributed by atoms with Crippen LogP contribution in [-0.4, -0.2) is 24.3 Å². The molecule has 0 saturated heterocycles. The Labute approximate surface area is 102 Å². The third-order valence-electron chi connectivity index (χ3n) is 2.72. The molecule has 1 aliphatic carbocycles. The third kappa shape index (κ3) is 1.91. The topological polar surface area (TPSA) is 70.5 Å². The van der Waals surface area contributed by atoms with E-state index >= 15 is 0 Å². The summed E-state index contributed by atoms with van der Waals surface area (Å²) in [5, 5.41) is 0. The number of nitrogens with two attached hydrogens (primary N) is 2. The van der Waals surface area contributed by atoms with E-state index in [9.17, 15) is 0 Å². The quantitative estimate of drug-likeness (QED) is 0.709. The second kappa shape index (κ2) is 5.26. The van der Waals surface area contributed by atoms with Gasteiger partial charge in [-0.05, 0) is 12.8 Å². The van der Waals surface area contributed by atoms with Crippen LogP contribution in [0.1, 0.15) is 12.8 Å². The molecule has 1 aliphatic rings. The van der Waals surface area contributed by atoms with Crippen LogP contribution in [0.15, 0.2) is 0 Å². The van der Waals surface area contributed by atoms with Crippen molar-refractivity contribution in [3.8, 4) is 0 Å². The van der Waals surface area contributed by atoms with Gasteiger partial charge in [-0.15, -0.1) is 0 Å². The molecule has 0 bridgehead atoms. The monoisotopic (exact) mass is 409 g/mol. The fourth-order valence-electron chi connectivity index (χ4n) is 1.54. The van der Waals surface area contributed by atoms with E-state index < -0.39 is 11.2 Å². The van der Waals surface area contributed by atoms with Gasteiger partial charge in [0, 0.05) is 34.2 Å². The Bertz CT molecular complexity index is 136. The molecule has 4 nitrogen and oxygen atoms in total. The first kappa shape index (κ1) is 14.1. The summed E-state index contributed by atoms with van der Waals surface area (Å²) in [6, 6.07) is 0. The minimum Gasteiger partial charge on any atom is -0.328 e. The van der Waals surface area contributed by atoms with Crippen molar-refractivity contribution in [3.63, 3.8) is 0 Å². The van der Waals surface area contributed by atoms with Crippen molar-refractivity contribution in [1.82, 2.24) is 0 Å². The number of halogens is 2. The molecule has 0 radical (unpaired) electrons. The van der Waals surface area contributed by atoms with Crippen molar-refractivity contribution >= 4 is 23.7 Å². The largest absolute Gasteiger partial charge is 0.328 e. The smallest absolute Gasteiger partial charge is 0.134 e. The summed E-state index contributed by atoms with van der Waals surface area (Å²) in [4.78, 5) is 0. The van der Waals surface area contributed by atoms with E-state index in [-0.39, 0.29) is 34.2 Å². The molecule has 4 N–H and O–H groups in total. The Kier molecular flexibility index (Phi) is 5.71. The van der Waals surface area contributed by atoms with Gasteiger partial charge in [0.2, 0.25) is 0 Å². The average molecular weight is 410 g/mol. The summed E-state index contributed by atoms with van der Waals surface area (Å²) in [5.41, 5.74) is 9.57. The minimum absolute atomic E-state index is 0. The van der Waals surface area contributed by atoms with Crippen LogP contribution in [0.3, 0.4) is 0 Å². The van der Waals surface area contributed by atoms with Gasteiger partial charge < -0.3 is 11.5 Å². The van der Waals surface area contributed by atoms with E-state index in [1.807, 2.05) is 0 Å². The fourth-order valence-corrected chi connectivity index (χ4v) is 2.10. The molecule has 0 heterocycles. The van der Waals surface area contributed by atoms with Gasteiger partial charge in [0.05, 0.1) is 23.7 Å². The van der Waals surface area contributed by atoms with E-state index in [4.69, 9.17) is 43.8 Å². The van der Waals surface area contributed by atoms with Crippen LogP contribution in [-0.2, 0) is 29.6 Å². The molecule has 2 atom stereocenters. The van der Waals surface area contributed by atoms with Crippen molar-refractivity contribution in [3.05, 3.63) is 0 Å². The maximum atomic E-state index is 5.50. The van der Waals surface area contributed by atoms with Gasteiger partial charge in [0.25, 0.3) is 0 Å². The maximum absolute atomic E-state index is 5.50. The first-order valence-corrected chi connectivity index (χ1v) is 4.31. The van der Waals surface area contributed by atoms with Gasteiger partial charge in [0.15, 0.2) is 0 Å². The van der Waals surface area contributed by atoms with Gasteiger partial charge >= 0.3 is 0 Å². The first-order chi connectivity index (χ1) is 5.70. The van der Waals surface area contributed by atoms with E-state index in [1.54, 1.807) is 0 Å². The van der Waals surface area contributed by atoms with Crippen LogP contribution in [0.4, 0.5) is 0 Å². The summed E-state index contributed by atoms with van der Waals surface area (Å²) in [6.45, 7) is 0.501. The average Bonchev–Trinajstić information content (AvgIpc) is 2.08. The molecule has 13 heavy (non-hydrogen) atoms. The van der Waals surface area contributed by atoms with E-state index in [0.29, 0.717) is 0 Å². The molecular weight excluding hydrogens is 398 g/mol. The molecule has 1 saturated carbocycles. The molecule has 7 heteroatoms. The molecule has 82 valence electrons. The van der Waals surface area contributed by atoms with Gasteiger partial charge in [0.1, 0.15) is 11.2 Å².